The van der Waals surface area contributed by atoms with Gasteiger partial charge >= 0.3 is 0 Å². The van der Waals surface area contributed by atoms with E-state index in [0.717, 1.165) is 22.3 Å². The Kier molecular flexibility index (Phi) is 6.77. The third-order valence-electron chi connectivity index (χ3n) is 5.17. The minimum absolute atomic E-state index is 0.116. The van der Waals surface area contributed by atoms with E-state index >= 15 is 0 Å². The number of nitrogens with one attached hydrogen (secondary N) is 1. The first-order valence-electron chi connectivity index (χ1n) is 9.58. The highest BCUT2D eigenvalue weighted by atomic mass is 19.1. The Morgan fingerprint density at radius 2 is 1.77 bits per heavy atom. The number of pyridine rings is 1. The van der Waals surface area contributed by atoms with Crippen LogP contribution in [0.15, 0.2) is 48.7 Å². The Balaban J connectivity index is 1.95. The molecule has 0 fully saturated rings. The van der Waals surface area contributed by atoms with E-state index in [4.69, 9.17) is 9.47 Å². The van der Waals surface area contributed by atoms with Gasteiger partial charge in [-0.05, 0) is 42.2 Å². The molecule has 1 amide bonds. The van der Waals surface area contributed by atoms with E-state index in [1.54, 1.807) is 18.2 Å². The lowest BCUT2D eigenvalue weighted by Gasteiger charge is -2.17. The molecule has 1 heterocycles. The van der Waals surface area contributed by atoms with E-state index in [9.17, 15) is 14.0 Å². The summed E-state index contributed by atoms with van der Waals surface area (Å²) < 4.78 is 24.1. The number of aromatic nitrogens is 1. The van der Waals surface area contributed by atoms with Crippen molar-refractivity contribution in [2.75, 3.05) is 19.5 Å². The second kappa shape index (κ2) is 9.49. The van der Waals surface area contributed by atoms with E-state index in [2.05, 4.69) is 10.3 Å². The molecule has 0 aliphatic heterocycles. The van der Waals surface area contributed by atoms with Gasteiger partial charge in [0, 0.05) is 30.6 Å². The number of alkyl halides is 1. The number of carbonyl (C=O) groups excluding carboxylic acids is 2. The summed E-state index contributed by atoms with van der Waals surface area (Å²) in [4.78, 5) is 27.8. The number of hydrogen-bond acceptors (Lipinski definition) is 5. The molecule has 160 valence electrons. The van der Waals surface area contributed by atoms with Crippen LogP contribution in [-0.4, -0.2) is 31.4 Å². The summed E-state index contributed by atoms with van der Waals surface area (Å²) in [6.45, 7) is 3.72. The average Bonchev–Trinajstić information content (AvgIpc) is 2.79. The van der Waals surface area contributed by atoms with Crippen LogP contribution >= 0.6 is 0 Å². The Morgan fingerprint density at radius 1 is 1.10 bits per heavy atom. The van der Waals surface area contributed by atoms with E-state index in [1.165, 1.54) is 26.5 Å². The minimum Gasteiger partial charge on any atom is -0.496 e. The lowest BCUT2D eigenvalue weighted by atomic mass is 9.93. The van der Waals surface area contributed by atoms with E-state index in [-0.39, 0.29) is 17.0 Å². The van der Waals surface area contributed by atoms with Gasteiger partial charge in [0.1, 0.15) is 11.4 Å². The van der Waals surface area contributed by atoms with E-state index in [1.807, 2.05) is 32.0 Å². The van der Waals surface area contributed by atoms with Crippen LogP contribution in [0.2, 0.25) is 0 Å². The van der Waals surface area contributed by atoms with Crippen molar-refractivity contribution >= 4 is 17.9 Å². The number of methoxy groups -OCH3 is 2. The molecule has 3 rings (SSSR count). The van der Waals surface area contributed by atoms with Crippen molar-refractivity contribution in [3.05, 3.63) is 76.6 Å². The number of hydrogen-bond donors (Lipinski definition) is 1. The number of carbonyl (C=O) groups is 2. The van der Waals surface area contributed by atoms with Crippen LogP contribution in [0.5, 0.6) is 5.75 Å². The molecule has 0 saturated heterocycles. The monoisotopic (exact) mass is 422 g/mol. The first kappa shape index (κ1) is 22.1. The summed E-state index contributed by atoms with van der Waals surface area (Å²) in [5, 5.41) is 2.85. The molecular weight excluding hydrogens is 399 g/mol. The molecule has 2 aromatic carbocycles. The van der Waals surface area contributed by atoms with Gasteiger partial charge in [-0.25, -0.2) is 4.39 Å². The highest BCUT2D eigenvalue weighted by Gasteiger charge is 2.18. The van der Waals surface area contributed by atoms with Gasteiger partial charge in [-0.1, -0.05) is 30.3 Å². The predicted octanol–water partition coefficient (Wildman–Crippen LogP) is 5.05. The summed E-state index contributed by atoms with van der Waals surface area (Å²) in [7, 11) is 2.74. The van der Waals surface area contributed by atoms with Gasteiger partial charge < -0.3 is 14.8 Å². The van der Waals surface area contributed by atoms with Crippen LogP contribution in [0.1, 0.15) is 43.9 Å². The summed E-state index contributed by atoms with van der Waals surface area (Å²) in [5.41, 5.74) is 4.72. The fraction of sp³-hybridized carbons (Fsp3) is 0.208. The molecule has 0 aliphatic carbocycles. The highest BCUT2D eigenvalue weighted by Crippen LogP contribution is 2.34. The molecule has 1 aromatic heterocycles. The van der Waals surface area contributed by atoms with Crippen LogP contribution in [0, 0.1) is 13.8 Å². The maximum absolute atomic E-state index is 14.2. The van der Waals surface area contributed by atoms with Gasteiger partial charge in [0.25, 0.3) is 5.91 Å². The van der Waals surface area contributed by atoms with E-state index < -0.39 is 12.3 Å². The van der Waals surface area contributed by atoms with Crippen LogP contribution in [0.4, 0.5) is 10.1 Å². The van der Waals surface area contributed by atoms with Gasteiger partial charge in [-0.3, -0.25) is 14.6 Å². The number of halogens is 1. The molecule has 3 aromatic rings. The maximum Gasteiger partial charge on any atom is 0.274 e. The number of ether oxygens (including phenoxy) is 2. The van der Waals surface area contributed by atoms with Gasteiger partial charge in [-0.2, -0.15) is 0 Å². The van der Waals surface area contributed by atoms with E-state index in [0.29, 0.717) is 17.5 Å². The van der Waals surface area contributed by atoms with Crippen LogP contribution in [-0.2, 0) is 4.74 Å². The molecule has 1 N–H and O–H groups in total. The van der Waals surface area contributed by atoms with Gasteiger partial charge in [0.2, 0.25) is 6.36 Å². The average molecular weight is 422 g/mol. The molecule has 1 atom stereocenters. The number of aldehydes is 1. The first-order valence-corrected chi connectivity index (χ1v) is 9.58. The van der Waals surface area contributed by atoms with Crippen molar-refractivity contribution in [3.8, 4) is 16.9 Å². The highest BCUT2D eigenvalue weighted by molar-refractivity contribution is 6.04. The second-order valence-electron chi connectivity index (χ2n) is 6.93. The fourth-order valence-electron chi connectivity index (χ4n) is 3.40. The topological polar surface area (TPSA) is 77.5 Å². The molecular formula is C24H23FN2O4. The standard InChI is InChI=1S/C24H23FN2O4/c1-14-17(7-5-9-19(14)23(25)31-4)18-8-6-10-20(15(18)2)27-24(29)21-11-22(30-3)16(13-28)12-26-21/h5-13,23H,1-4H3,(H,27,29). The number of rotatable bonds is 7. The maximum atomic E-state index is 14.2. The molecule has 0 bridgehead atoms. The Morgan fingerprint density at radius 3 is 2.42 bits per heavy atom. The largest absolute Gasteiger partial charge is 0.496 e. The zero-order valence-corrected chi connectivity index (χ0v) is 17.7. The van der Waals surface area contributed by atoms with Crippen LogP contribution < -0.4 is 10.1 Å². The molecule has 31 heavy (non-hydrogen) atoms. The van der Waals surface area contributed by atoms with Crippen molar-refractivity contribution in [1.82, 2.24) is 4.98 Å². The van der Waals surface area contributed by atoms with Crippen molar-refractivity contribution in [1.29, 1.82) is 0 Å². The number of amides is 1. The van der Waals surface area contributed by atoms with Crippen molar-refractivity contribution in [3.63, 3.8) is 0 Å². The summed E-state index contributed by atoms with van der Waals surface area (Å²) in [6, 6.07) is 12.3. The third kappa shape index (κ3) is 4.46. The van der Waals surface area contributed by atoms with Crippen LogP contribution in [0.25, 0.3) is 11.1 Å². The third-order valence-corrected chi connectivity index (χ3v) is 5.17. The predicted molar refractivity (Wildman–Crippen MR) is 116 cm³/mol. The molecule has 0 saturated carbocycles. The van der Waals surface area contributed by atoms with Gasteiger partial charge in [-0.15, -0.1) is 0 Å². The van der Waals surface area contributed by atoms with Crippen LogP contribution in [0.3, 0.4) is 0 Å². The Labute approximate surface area is 180 Å². The molecule has 6 nitrogen and oxygen atoms in total. The Bertz CT molecular complexity index is 1130. The lowest BCUT2D eigenvalue weighted by molar-refractivity contribution is -0.00702. The molecule has 1 unspecified atom stereocenters. The summed E-state index contributed by atoms with van der Waals surface area (Å²) in [6.07, 6.45) is 0.393. The Hall–Kier alpha value is -3.58. The molecule has 0 radical (unpaired) electrons. The number of anilines is 1. The molecule has 0 spiro atoms. The fourth-order valence-corrected chi connectivity index (χ4v) is 3.40. The van der Waals surface area contributed by atoms with Crippen molar-refractivity contribution < 1.29 is 23.5 Å². The molecule has 0 aliphatic rings. The number of benzene rings is 2. The smallest absolute Gasteiger partial charge is 0.274 e. The zero-order chi connectivity index (χ0) is 22.5. The lowest BCUT2D eigenvalue weighted by Crippen LogP contribution is -2.15. The van der Waals surface area contributed by atoms with Crippen molar-refractivity contribution in [2.45, 2.75) is 20.2 Å². The van der Waals surface area contributed by atoms with Crippen molar-refractivity contribution in [2.24, 2.45) is 0 Å². The number of nitrogens with zero attached hydrogens (tertiary/aromatic N) is 1. The minimum atomic E-state index is -1.52. The summed E-state index contributed by atoms with van der Waals surface area (Å²) in [5.74, 6) is -0.170. The SMILES string of the molecule is COc1cc(C(=O)Nc2cccc(-c3cccc(C(F)OC)c3C)c2C)ncc1C=O. The molecule has 7 heteroatoms. The van der Waals surface area contributed by atoms with Gasteiger partial charge in [0.15, 0.2) is 6.29 Å². The zero-order valence-electron chi connectivity index (χ0n) is 17.7. The first-order chi connectivity index (χ1) is 14.9. The normalized spacial score (nSPS) is 11.6. The van der Waals surface area contributed by atoms with Gasteiger partial charge in [0.05, 0.1) is 12.7 Å². The quantitative estimate of drug-likeness (QED) is 0.539. The second-order valence-corrected chi connectivity index (χ2v) is 6.93. The summed E-state index contributed by atoms with van der Waals surface area (Å²) >= 11 is 0.